The first-order valence-electron chi connectivity index (χ1n) is 5.25. The molecule has 0 spiro atoms. The highest BCUT2D eigenvalue weighted by Crippen LogP contribution is 2.12. The highest BCUT2D eigenvalue weighted by Gasteiger charge is 2.27. The fraction of sp³-hybridized carbons (Fsp3) is 0.727. The zero-order valence-electron chi connectivity index (χ0n) is 9.67. The van der Waals surface area contributed by atoms with Gasteiger partial charge in [0.15, 0.2) is 0 Å². The fourth-order valence-corrected chi connectivity index (χ4v) is 1.56. The van der Waals surface area contributed by atoms with Crippen LogP contribution in [0.1, 0.15) is 20.8 Å². The van der Waals surface area contributed by atoms with Crippen LogP contribution in [0.5, 0.6) is 0 Å². The molecule has 4 nitrogen and oxygen atoms in total. The van der Waals surface area contributed by atoms with Gasteiger partial charge >= 0.3 is 6.09 Å². The molecule has 0 aromatic heterocycles. The molecule has 1 amide bonds. The third kappa shape index (κ3) is 3.91. The Morgan fingerprint density at radius 2 is 2.20 bits per heavy atom. The standard InChI is InChI=1S/C11H20N2O2/c1-5-8-6-12-7-9(8)13-10(14)15-11(2,3)4/h5,8-9,12H,1,6-7H2,2-4H3,(H,13,14)/t8-,9+/m0/s1. The molecule has 0 aromatic carbocycles. The minimum atomic E-state index is -0.445. The van der Waals surface area contributed by atoms with Crippen molar-refractivity contribution in [2.75, 3.05) is 13.1 Å². The average molecular weight is 212 g/mol. The maximum Gasteiger partial charge on any atom is 0.407 e. The third-order valence-electron chi connectivity index (χ3n) is 2.27. The molecule has 0 aliphatic carbocycles. The van der Waals surface area contributed by atoms with Crippen LogP contribution in [0.3, 0.4) is 0 Å². The van der Waals surface area contributed by atoms with E-state index in [0.717, 1.165) is 13.1 Å². The summed E-state index contributed by atoms with van der Waals surface area (Å²) in [5, 5.41) is 6.04. The zero-order chi connectivity index (χ0) is 11.5. The Bertz CT molecular complexity index is 245. The van der Waals surface area contributed by atoms with Crippen LogP contribution in [-0.4, -0.2) is 30.8 Å². The second kappa shape index (κ2) is 4.66. The van der Waals surface area contributed by atoms with Crippen LogP contribution in [0.25, 0.3) is 0 Å². The first-order chi connectivity index (χ1) is 6.92. The molecule has 0 radical (unpaired) electrons. The zero-order valence-corrected chi connectivity index (χ0v) is 9.67. The monoisotopic (exact) mass is 212 g/mol. The molecule has 1 aliphatic heterocycles. The molecule has 0 unspecified atom stereocenters. The summed E-state index contributed by atoms with van der Waals surface area (Å²) in [6, 6.07) is 0.0948. The van der Waals surface area contributed by atoms with Crippen molar-refractivity contribution in [1.82, 2.24) is 10.6 Å². The summed E-state index contributed by atoms with van der Waals surface area (Å²) in [4.78, 5) is 11.5. The number of carbonyl (C=O) groups excluding carboxylic acids is 1. The van der Waals surface area contributed by atoms with Gasteiger partial charge in [0.1, 0.15) is 5.60 Å². The van der Waals surface area contributed by atoms with Gasteiger partial charge in [0, 0.05) is 19.0 Å². The number of rotatable bonds is 2. The van der Waals surface area contributed by atoms with Crippen molar-refractivity contribution in [1.29, 1.82) is 0 Å². The van der Waals surface area contributed by atoms with Crippen LogP contribution >= 0.6 is 0 Å². The van der Waals surface area contributed by atoms with E-state index in [1.807, 2.05) is 26.8 Å². The van der Waals surface area contributed by atoms with E-state index >= 15 is 0 Å². The van der Waals surface area contributed by atoms with Crippen LogP contribution in [0.2, 0.25) is 0 Å². The van der Waals surface area contributed by atoms with E-state index in [1.54, 1.807) is 0 Å². The van der Waals surface area contributed by atoms with Crippen molar-refractivity contribution >= 4 is 6.09 Å². The molecule has 1 aliphatic rings. The normalized spacial score (nSPS) is 26.1. The van der Waals surface area contributed by atoms with E-state index in [0.29, 0.717) is 0 Å². The number of amides is 1. The van der Waals surface area contributed by atoms with Crippen LogP contribution < -0.4 is 10.6 Å². The van der Waals surface area contributed by atoms with E-state index in [-0.39, 0.29) is 18.1 Å². The van der Waals surface area contributed by atoms with Crippen molar-refractivity contribution in [3.8, 4) is 0 Å². The Kier molecular flexibility index (Phi) is 3.74. The van der Waals surface area contributed by atoms with E-state index in [1.165, 1.54) is 0 Å². The van der Waals surface area contributed by atoms with Gasteiger partial charge in [-0.05, 0) is 20.8 Å². The van der Waals surface area contributed by atoms with Gasteiger partial charge < -0.3 is 15.4 Å². The van der Waals surface area contributed by atoms with Gasteiger partial charge in [0.2, 0.25) is 0 Å². The molecule has 15 heavy (non-hydrogen) atoms. The molecule has 1 heterocycles. The Hall–Kier alpha value is -1.03. The van der Waals surface area contributed by atoms with Gasteiger partial charge in [0.25, 0.3) is 0 Å². The van der Waals surface area contributed by atoms with E-state index in [9.17, 15) is 4.79 Å². The summed E-state index contributed by atoms with van der Waals surface area (Å²) in [5.41, 5.74) is -0.445. The van der Waals surface area contributed by atoms with Crippen molar-refractivity contribution in [3.63, 3.8) is 0 Å². The molecule has 4 heteroatoms. The van der Waals surface area contributed by atoms with E-state index in [2.05, 4.69) is 17.2 Å². The molecule has 0 bridgehead atoms. The van der Waals surface area contributed by atoms with Crippen LogP contribution in [0.15, 0.2) is 12.7 Å². The average Bonchev–Trinajstić information content (AvgIpc) is 2.48. The Morgan fingerprint density at radius 1 is 1.53 bits per heavy atom. The van der Waals surface area contributed by atoms with Gasteiger partial charge in [0.05, 0.1) is 6.04 Å². The Labute approximate surface area is 91.1 Å². The van der Waals surface area contributed by atoms with Crippen LogP contribution in [0.4, 0.5) is 4.79 Å². The SMILES string of the molecule is C=C[C@H]1CNC[C@H]1NC(=O)OC(C)(C)C. The lowest BCUT2D eigenvalue weighted by Crippen LogP contribution is -2.42. The fourth-order valence-electron chi connectivity index (χ4n) is 1.56. The highest BCUT2D eigenvalue weighted by atomic mass is 16.6. The van der Waals surface area contributed by atoms with Crippen molar-refractivity contribution in [3.05, 3.63) is 12.7 Å². The number of carbonyl (C=O) groups is 1. The lowest BCUT2D eigenvalue weighted by molar-refractivity contribution is 0.0502. The Morgan fingerprint density at radius 3 is 2.73 bits per heavy atom. The summed E-state index contributed by atoms with van der Waals surface area (Å²) >= 11 is 0. The predicted molar refractivity (Wildman–Crippen MR) is 59.7 cm³/mol. The second-order valence-corrected chi connectivity index (χ2v) is 4.81. The Balaban J connectivity index is 2.41. The molecular formula is C11H20N2O2. The van der Waals surface area contributed by atoms with E-state index in [4.69, 9.17) is 4.74 Å². The summed E-state index contributed by atoms with van der Waals surface area (Å²) in [5.74, 6) is 0.289. The van der Waals surface area contributed by atoms with E-state index < -0.39 is 5.60 Å². The van der Waals surface area contributed by atoms with Crippen LogP contribution in [0, 0.1) is 5.92 Å². The molecule has 1 fully saturated rings. The molecule has 0 aromatic rings. The molecule has 0 saturated carbocycles. The molecule has 1 saturated heterocycles. The van der Waals surface area contributed by atoms with Gasteiger partial charge in [-0.1, -0.05) is 6.08 Å². The number of hydrogen-bond acceptors (Lipinski definition) is 3. The topological polar surface area (TPSA) is 50.4 Å². The van der Waals surface area contributed by atoms with Crippen molar-refractivity contribution < 1.29 is 9.53 Å². The predicted octanol–water partition coefficient (Wildman–Crippen LogP) is 1.29. The second-order valence-electron chi connectivity index (χ2n) is 4.81. The molecule has 86 valence electrons. The lowest BCUT2D eigenvalue weighted by atomic mass is 10.0. The molecule has 2 atom stereocenters. The highest BCUT2D eigenvalue weighted by molar-refractivity contribution is 5.68. The summed E-state index contributed by atoms with van der Waals surface area (Å²) in [6.45, 7) is 10.9. The molecule has 1 rings (SSSR count). The quantitative estimate of drug-likeness (QED) is 0.678. The maximum absolute atomic E-state index is 11.5. The minimum Gasteiger partial charge on any atom is -0.444 e. The number of ether oxygens (including phenoxy) is 1. The number of nitrogens with one attached hydrogen (secondary N) is 2. The summed E-state index contributed by atoms with van der Waals surface area (Å²) in [6.07, 6.45) is 1.50. The molecular weight excluding hydrogens is 192 g/mol. The summed E-state index contributed by atoms with van der Waals surface area (Å²) in [7, 11) is 0. The van der Waals surface area contributed by atoms with Gasteiger partial charge in [-0.25, -0.2) is 4.79 Å². The maximum atomic E-state index is 11.5. The van der Waals surface area contributed by atoms with Crippen molar-refractivity contribution in [2.45, 2.75) is 32.4 Å². The van der Waals surface area contributed by atoms with Gasteiger partial charge in [-0.3, -0.25) is 0 Å². The number of alkyl carbamates (subject to hydrolysis) is 1. The number of hydrogen-bond donors (Lipinski definition) is 2. The molecule has 2 N–H and O–H groups in total. The summed E-state index contributed by atoms with van der Waals surface area (Å²) < 4.78 is 5.18. The first kappa shape index (κ1) is 12.0. The van der Waals surface area contributed by atoms with Gasteiger partial charge in [-0.2, -0.15) is 0 Å². The van der Waals surface area contributed by atoms with Gasteiger partial charge in [-0.15, -0.1) is 6.58 Å². The van der Waals surface area contributed by atoms with Crippen LogP contribution in [-0.2, 0) is 4.74 Å². The minimum absolute atomic E-state index is 0.0948. The lowest BCUT2D eigenvalue weighted by Gasteiger charge is -2.23. The third-order valence-corrected chi connectivity index (χ3v) is 2.27. The largest absolute Gasteiger partial charge is 0.444 e. The van der Waals surface area contributed by atoms with Crippen molar-refractivity contribution in [2.24, 2.45) is 5.92 Å². The smallest absolute Gasteiger partial charge is 0.407 e. The first-order valence-corrected chi connectivity index (χ1v) is 5.25.